The zero-order chi connectivity index (χ0) is 26.3. The van der Waals surface area contributed by atoms with Gasteiger partial charge in [-0.25, -0.2) is 4.98 Å². The lowest BCUT2D eigenvalue weighted by molar-refractivity contribution is -0.118. The summed E-state index contributed by atoms with van der Waals surface area (Å²) >= 11 is 1.20. The van der Waals surface area contributed by atoms with Crippen LogP contribution in [0.15, 0.2) is 64.6 Å². The molecule has 0 unspecified atom stereocenters. The SMILES string of the molecule is CC(=O)NNc1nc(C)c(C(/C=C\c2ccc(NC(C)=O)cc2)=N\NS(=O)(=O)c2ccc(C)cc2)s1. The number of nitrogens with one attached hydrogen (secondary N) is 4. The van der Waals surface area contributed by atoms with Crippen molar-refractivity contribution in [2.45, 2.75) is 32.6 Å². The van der Waals surface area contributed by atoms with Gasteiger partial charge in [0, 0.05) is 19.5 Å². The summed E-state index contributed by atoms with van der Waals surface area (Å²) in [5.41, 5.74) is 8.48. The van der Waals surface area contributed by atoms with Crippen molar-refractivity contribution in [2.75, 3.05) is 10.7 Å². The van der Waals surface area contributed by atoms with Gasteiger partial charge in [-0.3, -0.25) is 20.4 Å². The molecule has 0 fully saturated rings. The molecule has 2 amide bonds. The number of anilines is 2. The smallest absolute Gasteiger partial charge is 0.276 e. The molecule has 4 N–H and O–H groups in total. The highest BCUT2D eigenvalue weighted by Gasteiger charge is 2.16. The summed E-state index contributed by atoms with van der Waals surface area (Å²) in [6.45, 7) is 6.42. The van der Waals surface area contributed by atoms with Gasteiger partial charge in [-0.05, 0) is 49.8 Å². The van der Waals surface area contributed by atoms with E-state index >= 15 is 0 Å². The second-order valence-electron chi connectivity index (χ2n) is 7.78. The molecule has 1 aromatic heterocycles. The molecular weight excluding hydrogens is 500 g/mol. The number of allylic oxidation sites excluding steroid dienone is 1. The van der Waals surface area contributed by atoms with Gasteiger partial charge < -0.3 is 5.32 Å². The third-order valence-electron chi connectivity index (χ3n) is 4.66. The van der Waals surface area contributed by atoms with E-state index in [2.05, 4.69) is 31.1 Å². The third kappa shape index (κ3) is 7.48. The molecule has 0 spiro atoms. The van der Waals surface area contributed by atoms with Crippen LogP contribution in [0.4, 0.5) is 10.8 Å². The Morgan fingerprint density at radius 1 is 0.972 bits per heavy atom. The first-order valence-corrected chi connectivity index (χ1v) is 13.1. The summed E-state index contributed by atoms with van der Waals surface area (Å²) in [5, 5.41) is 7.31. The molecule has 3 rings (SSSR count). The van der Waals surface area contributed by atoms with Crippen LogP contribution in [0.1, 0.15) is 35.5 Å². The Morgan fingerprint density at radius 2 is 1.64 bits per heavy atom. The van der Waals surface area contributed by atoms with Crippen molar-refractivity contribution in [3.05, 3.63) is 76.3 Å². The lowest BCUT2D eigenvalue weighted by Gasteiger charge is -2.06. The Labute approximate surface area is 213 Å². The average Bonchev–Trinajstić information content (AvgIpc) is 3.19. The van der Waals surface area contributed by atoms with Gasteiger partial charge in [0.2, 0.25) is 16.9 Å². The fraction of sp³-hybridized carbons (Fsp3) is 0.167. The van der Waals surface area contributed by atoms with Crippen LogP contribution in [0.3, 0.4) is 0 Å². The number of aromatic nitrogens is 1. The van der Waals surface area contributed by atoms with Crippen molar-refractivity contribution in [1.29, 1.82) is 0 Å². The van der Waals surface area contributed by atoms with Gasteiger partial charge in [-0.2, -0.15) is 18.4 Å². The number of thiazole rings is 1. The van der Waals surface area contributed by atoms with Crippen LogP contribution >= 0.6 is 11.3 Å². The van der Waals surface area contributed by atoms with Gasteiger partial charge in [0.25, 0.3) is 10.0 Å². The predicted octanol–water partition coefficient (Wildman–Crippen LogP) is 3.58. The lowest BCUT2D eigenvalue weighted by Crippen LogP contribution is -2.26. The first kappa shape index (κ1) is 26.6. The number of amides is 2. The molecule has 10 nitrogen and oxygen atoms in total. The number of sulfonamides is 1. The first-order valence-electron chi connectivity index (χ1n) is 10.8. The Balaban J connectivity index is 1.93. The first-order chi connectivity index (χ1) is 17.0. The van der Waals surface area contributed by atoms with Crippen LogP contribution in [-0.4, -0.2) is 30.9 Å². The topological polar surface area (TPSA) is 142 Å². The number of carbonyl (C=O) groups is 2. The predicted molar refractivity (Wildman–Crippen MR) is 142 cm³/mol. The van der Waals surface area contributed by atoms with E-state index in [1.165, 1.54) is 37.3 Å². The van der Waals surface area contributed by atoms with Crippen molar-refractivity contribution in [3.8, 4) is 0 Å². The molecule has 0 atom stereocenters. The van der Waals surface area contributed by atoms with Crippen LogP contribution in [0.25, 0.3) is 6.08 Å². The molecule has 0 aliphatic heterocycles. The molecule has 0 bridgehead atoms. The Hall–Kier alpha value is -4.03. The largest absolute Gasteiger partial charge is 0.326 e. The number of carbonyl (C=O) groups excluding carboxylic acids is 2. The summed E-state index contributed by atoms with van der Waals surface area (Å²) in [5.74, 6) is -0.454. The lowest BCUT2D eigenvalue weighted by atomic mass is 10.1. The van der Waals surface area contributed by atoms with Crippen molar-refractivity contribution in [1.82, 2.24) is 15.2 Å². The van der Waals surface area contributed by atoms with Crippen molar-refractivity contribution in [3.63, 3.8) is 0 Å². The number of hydrazine groups is 1. The molecule has 12 heteroatoms. The van der Waals surface area contributed by atoms with E-state index in [0.29, 0.717) is 27.1 Å². The summed E-state index contributed by atoms with van der Waals surface area (Å²) in [7, 11) is -3.91. The molecule has 0 aliphatic carbocycles. The Morgan fingerprint density at radius 3 is 2.25 bits per heavy atom. The second kappa shape index (κ2) is 11.6. The van der Waals surface area contributed by atoms with Crippen LogP contribution in [0.2, 0.25) is 0 Å². The minimum atomic E-state index is -3.91. The zero-order valence-corrected chi connectivity index (χ0v) is 21.8. The monoisotopic (exact) mass is 526 g/mol. The van der Waals surface area contributed by atoms with E-state index in [4.69, 9.17) is 0 Å². The van der Waals surface area contributed by atoms with Crippen LogP contribution < -0.4 is 21.0 Å². The quantitative estimate of drug-likeness (QED) is 0.248. The summed E-state index contributed by atoms with van der Waals surface area (Å²) in [6, 6.07) is 13.5. The molecule has 0 radical (unpaired) electrons. The standard InChI is InChI=1S/C24H26N6O4S2/c1-15-5-12-21(13-6-15)36(33,34)30-28-22(23-16(2)25-24(35-23)29-27-18(4)32)14-9-19-7-10-20(11-8-19)26-17(3)31/h5-14,30H,1-4H3,(H,25,29)(H,26,31)(H,27,32)/b14-9-,28-22-. The van der Waals surface area contributed by atoms with Crippen LogP contribution in [0, 0.1) is 13.8 Å². The van der Waals surface area contributed by atoms with E-state index in [1.807, 2.05) is 6.92 Å². The second-order valence-corrected chi connectivity index (χ2v) is 10.4. The van der Waals surface area contributed by atoms with Gasteiger partial charge in [0.15, 0.2) is 0 Å². The van der Waals surface area contributed by atoms with E-state index in [0.717, 1.165) is 11.1 Å². The molecule has 0 saturated heterocycles. The highest BCUT2D eigenvalue weighted by molar-refractivity contribution is 7.89. The van der Waals surface area contributed by atoms with Gasteiger partial charge >= 0.3 is 0 Å². The van der Waals surface area contributed by atoms with E-state index < -0.39 is 10.0 Å². The number of benzene rings is 2. The van der Waals surface area contributed by atoms with Gasteiger partial charge in [-0.15, -0.1) is 0 Å². The molecule has 0 saturated carbocycles. The normalized spacial score (nSPS) is 11.8. The Bertz CT molecular complexity index is 1410. The maximum absolute atomic E-state index is 12.8. The maximum Gasteiger partial charge on any atom is 0.276 e. The minimum Gasteiger partial charge on any atom is -0.326 e. The molecule has 3 aromatic rings. The molecule has 36 heavy (non-hydrogen) atoms. The number of rotatable bonds is 9. The number of hydrogen-bond acceptors (Lipinski definition) is 8. The molecule has 1 heterocycles. The number of aryl methyl sites for hydroxylation is 2. The molecule has 188 valence electrons. The fourth-order valence-electron chi connectivity index (χ4n) is 2.93. The highest BCUT2D eigenvalue weighted by Crippen LogP contribution is 2.24. The van der Waals surface area contributed by atoms with Crippen LogP contribution in [-0.2, 0) is 19.6 Å². The number of nitrogens with zero attached hydrogens (tertiary/aromatic N) is 2. The highest BCUT2D eigenvalue weighted by atomic mass is 32.2. The third-order valence-corrected chi connectivity index (χ3v) is 6.98. The summed E-state index contributed by atoms with van der Waals surface area (Å²) in [6.07, 6.45) is 3.42. The maximum atomic E-state index is 12.8. The average molecular weight is 527 g/mol. The van der Waals surface area contributed by atoms with Crippen molar-refractivity contribution >= 4 is 55.8 Å². The molecular formula is C24H26N6O4S2. The van der Waals surface area contributed by atoms with Gasteiger partial charge in [0.1, 0.15) is 5.71 Å². The molecule has 2 aromatic carbocycles. The summed E-state index contributed by atoms with van der Waals surface area (Å²) in [4.78, 5) is 29.8. The van der Waals surface area contributed by atoms with Crippen LogP contribution in [0.5, 0.6) is 0 Å². The molecule has 0 aliphatic rings. The minimum absolute atomic E-state index is 0.0859. The number of hydrazone groups is 1. The zero-order valence-electron chi connectivity index (χ0n) is 20.1. The summed E-state index contributed by atoms with van der Waals surface area (Å²) < 4.78 is 25.6. The van der Waals surface area contributed by atoms with Gasteiger partial charge in [-0.1, -0.05) is 47.2 Å². The van der Waals surface area contributed by atoms with Gasteiger partial charge in [0.05, 0.1) is 15.5 Å². The van der Waals surface area contributed by atoms with E-state index in [9.17, 15) is 18.0 Å². The number of hydrogen-bond donors (Lipinski definition) is 4. The van der Waals surface area contributed by atoms with E-state index in [-0.39, 0.29) is 16.7 Å². The fourth-order valence-corrected chi connectivity index (χ4v) is 4.64. The Kier molecular flexibility index (Phi) is 8.56. The van der Waals surface area contributed by atoms with Crippen molar-refractivity contribution < 1.29 is 18.0 Å². The van der Waals surface area contributed by atoms with Crippen molar-refractivity contribution in [2.24, 2.45) is 5.10 Å². The van der Waals surface area contributed by atoms with E-state index in [1.54, 1.807) is 55.5 Å².